The third-order valence-electron chi connectivity index (χ3n) is 3.57. The van der Waals surface area contributed by atoms with Gasteiger partial charge in [-0.2, -0.15) is 0 Å². The van der Waals surface area contributed by atoms with E-state index >= 15 is 0 Å². The average molecular weight is 291 g/mol. The van der Waals surface area contributed by atoms with E-state index in [4.69, 9.17) is 0 Å². The Morgan fingerprint density at radius 2 is 1.68 bits per heavy atom. The quantitative estimate of drug-likeness (QED) is 0.737. The molecule has 0 amide bonds. The first-order valence-corrected chi connectivity index (χ1v) is 7.13. The molecule has 110 valence electrons. The van der Waals surface area contributed by atoms with E-state index in [1.165, 1.54) is 0 Å². The minimum absolute atomic E-state index is 0.0912. The van der Waals surface area contributed by atoms with E-state index in [1.54, 1.807) is 10.9 Å². The number of nitrogens with zero attached hydrogens (tertiary/aromatic N) is 2. The van der Waals surface area contributed by atoms with Crippen molar-refractivity contribution in [3.63, 3.8) is 0 Å². The Bertz CT molecular complexity index is 873. The zero-order chi connectivity index (χ0) is 15.5. The summed E-state index contributed by atoms with van der Waals surface area (Å²) >= 11 is 0. The fourth-order valence-corrected chi connectivity index (χ4v) is 2.35. The molecule has 3 rings (SSSR count). The van der Waals surface area contributed by atoms with Crippen molar-refractivity contribution >= 4 is 11.9 Å². The van der Waals surface area contributed by atoms with Gasteiger partial charge in [0.25, 0.3) is 5.56 Å². The van der Waals surface area contributed by atoms with E-state index in [2.05, 4.69) is 10.1 Å². The second kappa shape index (κ2) is 5.85. The summed E-state index contributed by atoms with van der Waals surface area (Å²) in [6.07, 6.45) is 1.62. The van der Waals surface area contributed by atoms with E-state index in [9.17, 15) is 4.79 Å². The highest BCUT2D eigenvalue weighted by Crippen LogP contribution is 2.13. The summed E-state index contributed by atoms with van der Waals surface area (Å²) in [7, 11) is 0. The van der Waals surface area contributed by atoms with E-state index in [-0.39, 0.29) is 5.56 Å². The molecule has 4 nitrogen and oxygen atoms in total. The Morgan fingerprint density at radius 1 is 1.00 bits per heavy atom. The lowest BCUT2D eigenvalue weighted by molar-refractivity contribution is 0.829. The first-order chi connectivity index (χ1) is 10.7. The zero-order valence-electron chi connectivity index (χ0n) is 12.6. The SMILES string of the molecule is Cc1ccccc1-n1[nH]c(C)c(C=Nc2ccccc2)c1=O. The molecule has 0 fully saturated rings. The van der Waals surface area contributed by atoms with Gasteiger partial charge in [-0.3, -0.25) is 14.9 Å². The molecule has 0 spiro atoms. The van der Waals surface area contributed by atoms with Gasteiger partial charge in [0.2, 0.25) is 0 Å². The highest BCUT2D eigenvalue weighted by molar-refractivity contribution is 5.83. The van der Waals surface area contributed by atoms with Crippen LogP contribution in [-0.2, 0) is 0 Å². The summed E-state index contributed by atoms with van der Waals surface area (Å²) < 4.78 is 1.57. The van der Waals surface area contributed by atoms with Crippen LogP contribution in [0, 0.1) is 13.8 Å². The highest BCUT2D eigenvalue weighted by Gasteiger charge is 2.11. The summed E-state index contributed by atoms with van der Waals surface area (Å²) in [5.74, 6) is 0. The number of hydrogen-bond donors (Lipinski definition) is 1. The Kier molecular flexibility index (Phi) is 3.74. The van der Waals surface area contributed by atoms with Gasteiger partial charge in [-0.25, -0.2) is 4.68 Å². The van der Waals surface area contributed by atoms with Crippen molar-refractivity contribution in [2.24, 2.45) is 4.99 Å². The largest absolute Gasteiger partial charge is 0.295 e. The van der Waals surface area contributed by atoms with Crippen LogP contribution in [0.15, 0.2) is 64.4 Å². The number of aromatic nitrogens is 2. The molecule has 0 aliphatic rings. The van der Waals surface area contributed by atoms with Gasteiger partial charge in [-0.05, 0) is 37.6 Å². The van der Waals surface area contributed by atoms with E-state index in [0.29, 0.717) is 5.56 Å². The molecule has 4 heteroatoms. The molecule has 0 saturated heterocycles. The van der Waals surface area contributed by atoms with Gasteiger partial charge < -0.3 is 0 Å². The average Bonchev–Trinajstić information content (AvgIpc) is 2.81. The summed E-state index contributed by atoms with van der Waals surface area (Å²) in [4.78, 5) is 17.0. The minimum atomic E-state index is -0.0912. The number of H-pyrrole nitrogens is 1. The van der Waals surface area contributed by atoms with E-state index in [0.717, 1.165) is 22.6 Å². The molecule has 3 aromatic rings. The van der Waals surface area contributed by atoms with Crippen molar-refractivity contribution in [3.05, 3.63) is 81.8 Å². The number of aryl methyl sites for hydroxylation is 2. The zero-order valence-corrected chi connectivity index (χ0v) is 12.6. The maximum absolute atomic E-state index is 12.6. The summed E-state index contributed by atoms with van der Waals surface area (Å²) in [6.45, 7) is 3.86. The standard InChI is InChI=1S/C18H17N3O/c1-13-8-6-7-11-17(13)21-18(22)16(14(2)20-21)12-19-15-9-4-3-5-10-15/h3-12,20H,1-2H3. The molecule has 1 heterocycles. The van der Waals surface area contributed by atoms with Crippen LogP contribution in [0.3, 0.4) is 0 Å². The van der Waals surface area contributed by atoms with E-state index in [1.807, 2.05) is 68.4 Å². The van der Waals surface area contributed by atoms with Crippen molar-refractivity contribution in [3.8, 4) is 5.69 Å². The maximum Gasteiger partial charge on any atom is 0.280 e. The van der Waals surface area contributed by atoms with Gasteiger partial charge in [0.05, 0.1) is 16.9 Å². The molecule has 22 heavy (non-hydrogen) atoms. The fraction of sp³-hybridized carbons (Fsp3) is 0.111. The van der Waals surface area contributed by atoms with Gasteiger partial charge in [0.1, 0.15) is 0 Å². The first-order valence-electron chi connectivity index (χ1n) is 7.13. The molecular weight excluding hydrogens is 274 g/mol. The molecule has 1 aromatic heterocycles. The Hall–Kier alpha value is -2.88. The second-order valence-electron chi connectivity index (χ2n) is 5.17. The first kappa shape index (κ1) is 14.1. The predicted octanol–water partition coefficient (Wildman–Crippen LogP) is 3.53. The second-order valence-corrected chi connectivity index (χ2v) is 5.17. The van der Waals surface area contributed by atoms with Gasteiger partial charge >= 0.3 is 0 Å². The molecule has 0 unspecified atom stereocenters. The predicted molar refractivity (Wildman–Crippen MR) is 89.6 cm³/mol. The lowest BCUT2D eigenvalue weighted by atomic mass is 10.2. The third kappa shape index (κ3) is 2.63. The third-order valence-corrected chi connectivity index (χ3v) is 3.57. The molecule has 0 aliphatic carbocycles. The van der Waals surface area contributed by atoms with Crippen LogP contribution in [0.25, 0.3) is 5.69 Å². The number of rotatable bonds is 3. The minimum Gasteiger partial charge on any atom is -0.295 e. The van der Waals surface area contributed by atoms with Crippen LogP contribution < -0.4 is 5.56 Å². The molecule has 0 radical (unpaired) electrons. The lowest BCUT2D eigenvalue weighted by Gasteiger charge is -2.04. The van der Waals surface area contributed by atoms with Crippen molar-refractivity contribution in [1.82, 2.24) is 9.78 Å². The normalized spacial score (nSPS) is 11.2. The molecule has 0 aliphatic heterocycles. The molecule has 0 saturated carbocycles. The topological polar surface area (TPSA) is 50.1 Å². The maximum atomic E-state index is 12.6. The number of para-hydroxylation sites is 2. The lowest BCUT2D eigenvalue weighted by Crippen LogP contribution is -2.18. The van der Waals surface area contributed by atoms with Gasteiger partial charge in [-0.15, -0.1) is 0 Å². The Balaban J connectivity index is 2.03. The van der Waals surface area contributed by atoms with Crippen molar-refractivity contribution < 1.29 is 0 Å². The highest BCUT2D eigenvalue weighted by atomic mass is 16.1. The molecule has 0 bridgehead atoms. The van der Waals surface area contributed by atoms with Crippen LogP contribution in [-0.4, -0.2) is 16.0 Å². The van der Waals surface area contributed by atoms with Gasteiger partial charge in [0, 0.05) is 11.9 Å². The fourth-order valence-electron chi connectivity index (χ4n) is 2.35. The smallest absolute Gasteiger partial charge is 0.280 e. The number of aromatic amines is 1. The van der Waals surface area contributed by atoms with Crippen LogP contribution in [0.5, 0.6) is 0 Å². The number of hydrogen-bond acceptors (Lipinski definition) is 2. The van der Waals surface area contributed by atoms with Crippen LogP contribution in [0.1, 0.15) is 16.8 Å². The Morgan fingerprint density at radius 3 is 2.41 bits per heavy atom. The number of aliphatic imine (C=N–C) groups is 1. The monoisotopic (exact) mass is 291 g/mol. The number of nitrogens with one attached hydrogen (secondary N) is 1. The molecule has 1 N–H and O–H groups in total. The summed E-state index contributed by atoms with van der Waals surface area (Å²) in [6, 6.07) is 17.4. The summed E-state index contributed by atoms with van der Waals surface area (Å²) in [5, 5.41) is 3.12. The van der Waals surface area contributed by atoms with Crippen LogP contribution in [0.4, 0.5) is 5.69 Å². The van der Waals surface area contributed by atoms with Crippen molar-refractivity contribution in [2.45, 2.75) is 13.8 Å². The van der Waals surface area contributed by atoms with Crippen LogP contribution >= 0.6 is 0 Å². The number of benzene rings is 2. The molecular formula is C18H17N3O. The van der Waals surface area contributed by atoms with Crippen molar-refractivity contribution in [2.75, 3.05) is 0 Å². The van der Waals surface area contributed by atoms with Gasteiger partial charge in [-0.1, -0.05) is 36.4 Å². The van der Waals surface area contributed by atoms with Crippen LogP contribution in [0.2, 0.25) is 0 Å². The van der Waals surface area contributed by atoms with E-state index < -0.39 is 0 Å². The summed E-state index contributed by atoms with van der Waals surface area (Å²) in [5.41, 5.74) is 4.00. The molecule has 0 atom stereocenters. The molecule has 2 aromatic carbocycles. The van der Waals surface area contributed by atoms with Crippen molar-refractivity contribution in [1.29, 1.82) is 0 Å². The Labute approximate surface area is 128 Å². The van der Waals surface area contributed by atoms with Gasteiger partial charge in [0.15, 0.2) is 0 Å².